The number of hydrogen-bond acceptors (Lipinski definition) is 8. The van der Waals surface area contributed by atoms with Gasteiger partial charge >= 0.3 is 0 Å². The molecule has 46 heavy (non-hydrogen) atoms. The van der Waals surface area contributed by atoms with E-state index < -0.39 is 33.0 Å². The minimum Gasteiger partial charge on any atom is -0.506 e. The molecule has 2 aliphatic rings. The number of halogens is 1. The highest BCUT2D eigenvalue weighted by Gasteiger charge is 2.47. The van der Waals surface area contributed by atoms with E-state index in [1.54, 1.807) is 42.5 Å². The third-order valence-electron chi connectivity index (χ3n) is 8.07. The van der Waals surface area contributed by atoms with Crippen molar-refractivity contribution in [2.75, 3.05) is 22.6 Å². The summed E-state index contributed by atoms with van der Waals surface area (Å²) in [6.07, 6.45) is 0.129. The molecule has 3 aromatic carbocycles. The number of phenolic OH excluding ortho intramolecular Hbond substituents is 1. The Balaban J connectivity index is 1.53. The van der Waals surface area contributed by atoms with E-state index >= 15 is 4.39 Å². The first kappa shape index (κ1) is 31.6. The maximum absolute atomic E-state index is 16.4. The van der Waals surface area contributed by atoms with Gasteiger partial charge in [-0.1, -0.05) is 38.1 Å². The Labute approximate surface area is 272 Å². The number of carbonyl (C=O) groups is 1. The average Bonchev–Trinajstić information content (AvgIpc) is 3.46. The lowest BCUT2D eigenvalue weighted by Gasteiger charge is -2.37. The Kier molecular flexibility index (Phi) is 8.56. The normalized spacial score (nSPS) is 18.2. The molecule has 1 amide bonds. The summed E-state index contributed by atoms with van der Waals surface area (Å²) in [7, 11) is -4.05. The smallest absolute Gasteiger partial charge is 0.232 e. The van der Waals surface area contributed by atoms with E-state index in [1.165, 1.54) is 34.4 Å². The molecule has 0 fully saturated rings. The van der Waals surface area contributed by atoms with Crippen molar-refractivity contribution in [3.05, 3.63) is 111 Å². The molecule has 0 bridgehead atoms. The van der Waals surface area contributed by atoms with Crippen molar-refractivity contribution in [2.24, 2.45) is 5.41 Å². The van der Waals surface area contributed by atoms with Crippen LogP contribution in [-0.2, 0) is 27.7 Å². The van der Waals surface area contributed by atoms with Crippen molar-refractivity contribution in [1.29, 1.82) is 0 Å². The number of thiophene rings is 1. The van der Waals surface area contributed by atoms with Crippen molar-refractivity contribution >= 4 is 38.5 Å². The first-order valence-corrected chi connectivity index (χ1v) is 17.6. The maximum Gasteiger partial charge on any atom is 0.232 e. The van der Waals surface area contributed by atoms with Gasteiger partial charge in [0, 0.05) is 22.9 Å². The standard InChI is InChI=1S/C35H35FN2O6S2/c1-4-43-30-11-6-5-8-23(30)16-31(40)38-28-9-7-10-29(39)32(28)37-27-18-35(2,3)21-46(41,42)34(27)33(38)25-13-12-24(17-26(25)36)44-19-22-14-15-45-20-22/h5-15,17,20,33,37,39H,4,16,18-19,21H2,1-3H3/t33-/m0/s1. The molecule has 1 aromatic heterocycles. The molecule has 4 aromatic rings. The fourth-order valence-electron chi connectivity index (χ4n) is 6.22. The predicted molar refractivity (Wildman–Crippen MR) is 178 cm³/mol. The van der Waals surface area contributed by atoms with Gasteiger partial charge in [0.1, 0.15) is 41.4 Å². The summed E-state index contributed by atoms with van der Waals surface area (Å²) in [5, 5.41) is 18.1. The van der Waals surface area contributed by atoms with Crippen LogP contribution in [0.5, 0.6) is 17.2 Å². The van der Waals surface area contributed by atoms with Crippen LogP contribution >= 0.6 is 11.3 Å². The Morgan fingerprint density at radius 3 is 2.65 bits per heavy atom. The Hall–Kier alpha value is -4.35. The van der Waals surface area contributed by atoms with Gasteiger partial charge in [0.2, 0.25) is 5.91 Å². The van der Waals surface area contributed by atoms with Gasteiger partial charge in [0.05, 0.1) is 29.4 Å². The number of nitrogens with zero attached hydrogens (tertiary/aromatic N) is 1. The molecule has 0 aliphatic carbocycles. The molecule has 2 N–H and O–H groups in total. The van der Waals surface area contributed by atoms with Crippen LogP contribution in [0, 0.1) is 11.2 Å². The summed E-state index contributed by atoms with van der Waals surface area (Å²) >= 11 is 1.53. The van der Waals surface area contributed by atoms with E-state index in [1.807, 2.05) is 37.6 Å². The van der Waals surface area contributed by atoms with E-state index in [9.17, 15) is 18.3 Å². The SMILES string of the molecule is CCOc1ccccc1CC(=O)N1c2cccc(O)c2NC2=C([C@@H]1c1ccc(OCc3ccsc3)cc1F)S(=O)(=O)CC(C)(C)C2. The number of rotatable bonds is 8. The summed E-state index contributed by atoms with van der Waals surface area (Å²) in [6.45, 7) is 6.15. The quantitative estimate of drug-likeness (QED) is 0.190. The lowest BCUT2D eigenvalue weighted by molar-refractivity contribution is -0.118. The highest BCUT2D eigenvalue weighted by molar-refractivity contribution is 7.95. The van der Waals surface area contributed by atoms with Crippen LogP contribution in [0.3, 0.4) is 0 Å². The number of hydrogen-bond donors (Lipinski definition) is 2. The highest BCUT2D eigenvalue weighted by Crippen LogP contribution is 2.52. The molecule has 8 nitrogen and oxygen atoms in total. The first-order chi connectivity index (χ1) is 22.0. The third-order valence-corrected chi connectivity index (χ3v) is 11.1. The lowest BCUT2D eigenvalue weighted by Crippen LogP contribution is -2.42. The monoisotopic (exact) mass is 662 g/mol. The molecule has 1 atom stereocenters. The Morgan fingerprint density at radius 1 is 1.11 bits per heavy atom. The molecule has 0 saturated carbocycles. The van der Waals surface area contributed by atoms with Gasteiger partial charge in [-0.05, 0) is 71.5 Å². The Bertz CT molecular complexity index is 1920. The van der Waals surface area contributed by atoms with Crippen LogP contribution in [0.4, 0.5) is 15.8 Å². The number of aromatic hydroxyl groups is 1. The van der Waals surface area contributed by atoms with E-state index in [0.29, 0.717) is 30.0 Å². The van der Waals surface area contributed by atoms with E-state index in [2.05, 4.69) is 5.32 Å². The second kappa shape index (κ2) is 12.4. The third kappa shape index (κ3) is 6.21. The van der Waals surface area contributed by atoms with Gasteiger partial charge in [-0.15, -0.1) is 0 Å². The van der Waals surface area contributed by atoms with Gasteiger partial charge in [-0.3, -0.25) is 9.69 Å². The first-order valence-electron chi connectivity index (χ1n) is 15.0. The molecular formula is C35H35FN2O6S2. The molecule has 6 rings (SSSR count). The van der Waals surface area contributed by atoms with Crippen molar-refractivity contribution in [3.63, 3.8) is 0 Å². The minimum atomic E-state index is -4.05. The fourth-order valence-corrected chi connectivity index (χ4v) is 9.23. The van der Waals surface area contributed by atoms with Crippen molar-refractivity contribution in [3.8, 4) is 17.2 Å². The zero-order valence-corrected chi connectivity index (χ0v) is 27.4. The van der Waals surface area contributed by atoms with Gasteiger partial charge in [0.25, 0.3) is 0 Å². The van der Waals surface area contributed by atoms with Crippen LogP contribution in [0.2, 0.25) is 0 Å². The molecule has 0 spiro atoms. The second-order valence-electron chi connectivity index (χ2n) is 12.2. The van der Waals surface area contributed by atoms with Gasteiger partial charge in [-0.25, -0.2) is 12.8 Å². The van der Waals surface area contributed by atoms with Crippen molar-refractivity contribution in [1.82, 2.24) is 0 Å². The van der Waals surface area contributed by atoms with E-state index in [0.717, 1.165) is 5.56 Å². The molecule has 11 heteroatoms. The number of phenols is 1. The number of anilines is 2. The van der Waals surface area contributed by atoms with Gasteiger partial charge in [-0.2, -0.15) is 11.3 Å². The summed E-state index contributed by atoms with van der Waals surface area (Å²) in [4.78, 5) is 15.8. The number of carbonyl (C=O) groups excluding carboxylic acids is 1. The summed E-state index contributed by atoms with van der Waals surface area (Å²) in [5.41, 5.74) is 1.57. The van der Waals surface area contributed by atoms with Crippen LogP contribution < -0.4 is 19.7 Å². The molecule has 0 radical (unpaired) electrons. The zero-order valence-electron chi connectivity index (χ0n) is 25.7. The highest BCUT2D eigenvalue weighted by atomic mass is 32.2. The lowest BCUT2D eigenvalue weighted by atomic mass is 9.88. The summed E-state index contributed by atoms with van der Waals surface area (Å²) < 4.78 is 56.4. The molecule has 0 saturated heterocycles. The fraction of sp³-hybridized carbons (Fsp3) is 0.286. The Morgan fingerprint density at radius 2 is 1.91 bits per heavy atom. The summed E-state index contributed by atoms with van der Waals surface area (Å²) in [5.74, 6) is -0.812. The van der Waals surface area contributed by atoms with Crippen LogP contribution in [0.1, 0.15) is 49.9 Å². The van der Waals surface area contributed by atoms with E-state index in [4.69, 9.17) is 9.47 Å². The number of fused-ring (bicyclic) bond motifs is 1. The number of ether oxygens (including phenoxy) is 2. The van der Waals surface area contributed by atoms with Gasteiger partial charge in [0.15, 0.2) is 9.84 Å². The number of sulfone groups is 1. The van der Waals surface area contributed by atoms with Crippen molar-refractivity contribution < 1.29 is 32.2 Å². The number of para-hydroxylation sites is 2. The topological polar surface area (TPSA) is 105 Å². The maximum atomic E-state index is 16.4. The molecule has 0 unspecified atom stereocenters. The zero-order chi connectivity index (χ0) is 32.6. The largest absolute Gasteiger partial charge is 0.506 e. The molecule has 3 heterocycles. The number of benzene rings is 3. The van der Waals surface area contributed by atoms with Crippen LogP contribution in [0.15, 0.2) is 88.1 Å². The van der Waals surface area contributed by atoms with Crippen LogP contribution in [-0.4, -0.2) is 31.8 Å². The van der Waals surface area contributed by atoms with Gasteiger partial charge < -0.3 is 19.9 Å². The molecular weight excluding hydrogens is 628 g/mol. The minimum absolute atomic E-state index is 0.0110. The van der Waals surface area contributed by atoms with Crippen LogP contribution in [0.25, 0.3) is 0 Å². The van der Waals surface area contributed by atoms with Crippen molar-refractivity contribution in [2.45, 2.75) is 46.3 Å². The second-order valence-corrected chi connectivity index (χ2v) is 15.0. The average molecular weight is 663 g/mol. The number of nitrogens with one attached hydrogen (secondary N) is 1. The predicted octanol–water partition coefficient (Wildman–Crippen LogP) is 7.37. The molecule has 2 aliphatic heterocycles. The molecule has 240 valence electrons. The number of amides is 1. The van der Waals surface area contributed by atoms with E-state index in [-0.39, 0.29) is 52.1 Å². The number of allylic oxidation sites excluding steroid dienone is 1. The summed E-state index contributed by atoms with van der Waals surface area (Å²) in [6, 6.07) is 16.6.